The van der Waals surface area contributed by atoms with Crippen molar-refractivity contribution in [2.45, 2.75) is 46.1 Å². The van der Waals surface area contributed by atoms with Crippen LogP contribution in [0.2, 0.25) is 0 Å². The van der Waals surface area contributed by atoms with E-state index in [-0.39, 0.29) is 34.9 Å². The Morgan fingerprint density at radius 1 is 1.19 bits per heavy atom. The molecule has 1 amide bonds. The topological polar surface area (TPSA) is 92.4 Å². The van der Waals surface area contributed by atoms with Gasteiger partial charge in [0.2, 0.25) is 0 Å². The van der Waals surface area contributed by atoms with Gasteiger partial charge in [0.05, 0.1) is 11.8 Å². The highest BCUT2D eigenvalue weighted by molar-refractivity contribution is 6.17. The third kappa shape index (κ3) is 4.26. The summed E-state index contributed by atoms with van der Waals surface area (Å²) in [5, 5.41) is 6.81. The molecule has 0 aliphatic carbocycles. The predicted octanol–water partition coefficient (Wildman–Crippen LogP) is 3.62. The van der Waals surface area contributed by atoms with E-state index in [4.69, 9.17) is 4.74 Å². The molecule has 0 saturated carbocycles. The van der Waals surface area contributed by atoms with Crippen LogP contribution in [0.4, 0.5) is 8.78 Å². The number of rotatable bonds is 4. The Kier molecular flexibility index (Phi) is 5.80. The summed E-state index contributed by atoms with van der Waals surface area (Å²) < 4.78 is 32.4. The number of aromatic nitrogens is 2. The number of ether oxygens (including phenoxy) is 1. The molecule has 0 unspecified atom stereocenters. The van der Waals surface area contributed by atoms with E-state index in [1.165, 1.54) is 24.1 Å². The van der Waals surface area contributed by atoms with E-state index in [1.807, 2.05) is 0 Å². The molecule has 1 N–H and O–H groups in total. The number of carbonyl (C=O) groups excluding carboxylic acids is 3. The van der Waals surface area contributed by atoms with Crippen LogP contribution in [-0.4, -0.2) is 45.4 Å². The first kappa shape index (κ1) is 22.3. The molecule has 0 fully saturated rings. The van der Waals surface area contributed by atoms with Gasteiger partial charge in [-0.3, -0.25) is 14.7 Å². The van der Waals surface area contributed by atoms with E-state index in [2.05, 4.69) is 10.2 Å². The normalized spacial score (nSPS) is 15.2. The summed E-state index contributed by atoms with van der Waals surface area (Å²) in [5.74, 6) is -3.88. The molecule has 1 aromatic heterocycles. The van der Waals surface area contributed by atoms with Crippen LogP contribution in [0.3, 0.4) is 0 Å². The summed E-state index contributed by atoms with van der Waals surface area (Å²) in [4.78, 5) is 39.4. The fourth-order valence-corrected chi connectivity index (χ4v) is 3.58. The lowest BCUT2D eigenvalue weighted by Crippen LogP contribution is -2.37. The van der Waals surface area contributed by atoms with Gasteiger partial charge >= 0.3 is 5.97 Å². The number of hydrogen-bond acceptors (Lipinski definition) is 5. The Morgan fingerprint density at radius 3 is 2.45 bits per heavy atom. The molecule has 1 aromatic carbocycles. The van der Waals surface area contributed by atoms with Crippen molar-refractivity contribution in [3.05, 3.63) is 58.5 Å². The van der Waals surface area contributed by atoms with Crippen molar-refractivity contribution in [1.82, 2.24) is 15.1 Å². The van der Waals surface area contributed by atoms with Crippen LogP contribution >= 0.6 is 0 Å². The lowest BCUT2D eigenvalue weighted by Gasteiger charge is -2.29. The second kappa shape index (κ2) is 8.05. The van der Waals surface area contributed by atoms with Gasteiger partial charge < -0.3 is 9.64 Å². The van der Waals surface area contributed by atoms with Crippen LogP contribution in [0, 0.1) is 11.6 Å². The van der Waals surface area contributed by atoms with Crippen LogP contribution in [0.1, 0.15) is 66.7 Å². The number of esters is 1. The van der Waals surface area contributed by atoms with Crippen molar-refractivity contribution in [1.29, 1.82) is 0 Å². The minimum Gasteiger partial charge on any atom is -0.459 e. The maximum absolute atomic E-state index is 13.7. The second-order valence-electron chi connectivity index (χ2n) is 8.32. The first-order valence-electron chi connectivity index (χ1n) is 9.71. The number of hydrogen-bond donors (Lipinski definition) is 1. The molecule has 3 rings (SSSR count). The molecule has 2 heterocycles. The Morgan fingerprint density at radius 2 is 1.87 bits per heavy atom. The van der Waals surface area contributed by atoms with Gasteiger partial charge in [-0.15, -0.1) is 0 Å². The first-order chi connectivity index (χ1) is 14.4. The van der Waals surface area contributed by atoms with Gasteiger partial charge in [0.25, 0.3) is 5.91 Å². The highest BCUT2D eigenvalue weighted by Crippen LogP contribution is 2.37. The number of ketones is 1. The van der Waals surface area contributed by atoms with Crippen LogP contribution in [0.25, 0.3) is 5.57 Å². The van der Waals surface area contributed by atoms with Gasteiger partial charge in [0, 0.05) is 36.2 Å². The van der Waals surface area contributed by atoms with E-state index in [9.17, 15) is 23.2 Å². The summed E-state index contributed by atoms with van der Waals surface area (Å²) in [5.41, 5.74) is 0.0241. The minimum absolute atomic E-state index is 0.00482. The van der Waals surface area contributed by atoms with Crippen molar-refractivity contribution in [2.24, 2.45) is 0 Å². The third-order valence-electron chi connectivity index (χ3n) is 4.89. The quantitative estimate of drug-likeness (QED) is 0.590. The van der Waals surface area contributed by atoms with Crippen molar-refractivity contribution >= 4 is 23.2 Å². The zero-order chi connectivity index (χ0) is 23.1. The number of carbonyl (C=O) groups is 3. The second-order valence-corrected chi connectivity index (χ2v) is 8.32. The summed E-state index contributed by atoms with van der Waals surface area (Å²) in [6, 6.07) is 2.83. The maximum atomic E-state index is 13.7. The molecule has 0 spiro atoms. The van der Waals surface area contributed by atoms with E-state index in [0.29, 0.717) is 5.56 Å². The number of nitrogens with one attached hydrogen (secondary N) is 1. The fraction of sp³-hybridized carbons (Fsp3) is 0.364. The average Bonchev–Trinajstić information content (AvgIpc) is 3.07. The van der Waals surface area contributed by atoms with Crippen LogP contribution in [0.5, 0.6) is 0 Å². The highest BCUT2D eigenvalue weighted by atomic mass is 19.2. The monoisotopic (exact) mass is 431 g/mol. The summed E-state index contributed by atoms with van der Waals surface area (Å²) in [7, 11) is 0. The number of fused-ring (bicyclic) bond motifs is 1. The van der Waals surface area contributed by atoms with E-state index in [0.717, 1.165) is 12.1 Å². The zero-order valence-electron chi connectivity index (χ0n) is 17.9. The van der Waals surface area contributed by atoms with Crippen LogP contribution in [0.15, 0.2) is 24.4 Å². The Bertz CT molecular complexity index is 1100. The summed E-state index contributed by atoms with van der Waals surface area (Å²) in [6.45, 7) is 8.36. The molecule has 0 atom stereocenters. The molecule has 1 aliphatic heterocycles. The molecule has 9 heteroatoms. The molecule has 164 valence electrons. The minimum atomic E-state index is -1.16. The molecule has 0 saturated heterocycles. The van der Waals surface area contributed by atoms with Gasteiger partial charge in [-0.1, -0.05) is 13.8 Å². The fourth-order valence-electron chi connectivity index (χ4n) is 3.58. The lowest BCUT2D eigenvalue weighted by atomic mass is 9.81. The van der Waals surface area contributed by atoms with Crippen molar-refractivity contribution in [2.75, 3.05) is 6.54 Å². The Labute approximate surface area is 178 Å². The average molecular weight is 431 g/mol. The number of benzene rings is 1. The van der Waals surface area contributed by atoms with Crippen molar-refractivity contribution < 1.29 is 27.9 Å². The SMILES string of the molecule is CC(=O)c1n[nH]c2c1C(C)(C)CN(C(=O)c1ccc(F)c(F)c1)C=C2C(=O)OC(C)C. The smallest absolute Gasteiger partial charge is 0.342 e. The van der Waals surface area contributed by atoms with Gasteiger partial charge in [0.15, 0.2) is 17.4 Å². The zero-order valence-corrected chi connectivity index (χ0v) is 17.9. The molecule has 2 aromatic rings. The number of H-pyrrole nitrogens is 1. The van der Waals surface area contributed by atoms with Gasteiger partial charge in [-0.05, 0) is 32.0 Å². The molecular weight excluding hydrogens is 408 g/mol. The molecule has 0 radical (unpaired) electrons. The summed E-state index contributed by atoms with van der Waals surface area (Å²) >= 11 is 0. The standard InChI is InChI=1S/C22H23F2N3O4/c1-11(2)31-21(30)14-9-27(20(29)13-6-7-15(23)16(24)8-13)10-22(4,5)17-18(12(3)28)25-26-19(14)17/h6-9,11H,10H2,1-5H3,(H,25,26). The predicted molar refractivity (Wildman–Crippen MR) is 108 cm³/mol. The first-order valence-corrected chi connectivity index (χ1v) is 9.71. The van der Waals surface area contributed by atoms with Gasteiger partial charge in [-0.25, -0.2) is 13.6 Å². The third-order valence-corrected chi connectivity index (χ3v) is 4.89. The molecule has 7 nitrogen and oxygen atoms in total. The molecule has 1 aliphatic rings. The Balaban J connectivity index is 2.16. The summed E-state index contributed by atoms with van der Waals surface area (Å²) in [6.07, 6.45) is 0.864. The highest BCUT2D eigenvalue weighted by Gasteiger charge is 2.39. The van der Waals surface area contributed by atoms with E-state index < -0.39 is 35.0 Å². The van der Waals surface area contributed by atoms with Crippen molar-refractivity contribution in [3.8, 4) is 0 Å². The van der Waals surface area contributed by atoms with Crippen molar-refractivity contribution in [3.63, 3.8) is 0 Å². The molecular formula is C22H23F2N3O4. The van der Waals surface area contributed by atoms with Gasteiger partial charge in [-0.2, -0.15) is 5.10 Å². The molecule has 0 bridgehead atoms. The number of nitrogens with zero attached hydrogens (tertiary/aromatic N) is 2. The maximum Gasteiger partial charge on any atom is 0.342 e. The Hall–Kier alpha value is -3.36. The number of aromatic amines is 1. The number of halogens is 2. The number of Topliss-reactive ketones (excluding diaryl/α,β-unsaturated/α-hetero) is 1. The largest absolute Gasteiger partial charge is 0.459 e. The van der Waals surface area contributed by atoms with Gasteiger partial charge in [0.1, 0.15) is 11.3 Å². The number of amides is 1. The van der Waals surface area contributed by atoms with Crippen LogP contribution in [-0.2, 0) is 14.9 Å². The lowest BCUT2D eigenvalue weighted by molar-refractivity contribution is -0.140. The van der Waals surface area contributed by atoms with Crippen LogP contribution < -0.4 is 0 Å². The van der Waals surface area contributed by atoms with E-state index in [1.54, 1.807) is 27.7 Å². The van der Waals surface area contributed by atoms with E-state index >= 15 is 0 Å². The molecule has 31 heavy (non-hydrogen) atoms.